The number of halogens is 2. The monoisotopic (exact) mass is 312 g/mol. The summed E-state index contributed by atoms with van der Waals surface area (Å²) in [5.74, 6) is 0.390. The van der Waals surface area contributed by atoms with Gasteiger partial charge in [-0.05, 0) is 19.1 Å². The van der Waals surface area contributed by atoms with Crippen LogP contribution in [0.5, 0.6) is 0 Å². The van der Waals surface area contributed by atoms with Crippen molar-refractivity contribution in [3.05, 3.63) is 46.4 Å². The highest BCUT2D eigenvalue weighted by molar-refractivity contribution is 6.31. The summed E-state index contributed by atoms with van der Waals surface area (Å²) >= 11 is 5.97. The van der Waals surface area contributed by atoms with Crippen LogP contribution in [0.4, 0.5) is 10.2 Å². The highest BCUT2D eigenvalue weighted by Gasteiger charge is 2.16. The molecule has 21 heavy (non-hydrogen) atoms. The first kappa shape index (κ1) is 15.5. The van der Waals surface area contributed by atoms with Gasteiger partial charge in [0.1, 0.15) is 18.1 Å². The Labute approximate surface area is 126 Å². The van der Waals surface area contributed by atoms with Crippen LogP contribution < -0.4 is 10.2 Å². The number of rotatable bonds is 5. The van der Waals surface area contributed by atoms with Crippen molar-refractivity contribution >= 4 is 23.3 Å². The van der Waals surface area contributed by atoms with Gasteiger partial charge < -0.3 is 14.7 Å². The molecule has 2 rings (SSSR count). The summed E-state index contributed by atoms with van der Waals surface area (Å²) in [4.78, 5) is 12.7. The van der Waals surface area contributed by atoms with Gasteiger partial charge in [-0.2, -0.15) is 0 Å². The van der Waals surface area contributed by atoms with E-state index < -0.39 is 0 Å². The molecule has 0 aliphatic heterocycles. The van der Waals surface area contributed by atoms with Gasteiger partial charge in [-0.1, -0.05) is 22.8 Å². The number of nitrogens with one attached hydrogen (secondary N) is 2. The van der Waals surface area contributed by atoms with Crippen LogP contribution in [0.2, 0.25) is 5.02 Å². The fraction of sp³-hybridized carbons (Fsp3) is 0.286. The second kappa shape index (κ2) is 6.69. The standard InChI is InChI=1S/C14H15ClFN3O2/c1-9-6-13(18-21-9)17-14(20)8-19(2)7-10-11(15)4-3-5-12(10)16/h3-6H,7-8H2,1-2H3,(H,17,18,20)/p+1. The number of anilines is 1. The molecule has 2 N–H and O–H groups in total. The molecule has 5 nitrogen and oxygen atoms in total. The van der Waals surface area contributed by atoms with E-state index in [-0.39, 0.29) is 18.3 Å². The molecule has 0 spiro atoms. The number of carbonyl (C=O) groups is 1. The highest BCUT2D eigenvalue weighted by atomic mass is 35.5. The molecule has 1 amide bonds. The fourth-order valence-electron chi connectivity index (χ4n) is 1.95. The molecule has 0 saturated heterocycles. The lowest BCUT2D eigenvalue weighted by atomic mass is 10.2. The third-order valence-corrected chi connectivity index (χ3v) is 3.25. The van der Waals surface area contributed by atoms with E-state index >= 15 is 0 Å². The number of aryl methyl sites for hydroxylation is 1. The number of hydrogen-bond donors (Lipinski definition) is 2. The molecule has 0 aliphatic carbocycles. The van der Waals surface area contributed by atoms with E-state index in [1.165, 1.54) is 6.07 Å². The van der Waals surface area contributed by atoms with E-state index in [2.05, 4.69) is 10.5 Å². The van der Waals surface area contributed by atoms with Crippen molar-refractivity contribution in [3.8, 4) is 0 Å². The van der Waals surface area contributed by atoms with Crippen LogP contribution in [0.1, 0.15) is 11.3 Å². The predicted octanol–water partition coefficient (Wildman–Crippen LogP) is 1.43. The Bertz CT molecular complexity index is 625. The van der Waals surface area contributed by atoms with Gasteiger partial charge in [0.2, 0.25) is 0 Å². The normalized spacial score (nSPS) is 12.2. The van der Waals surface area contributed by atoms with Crippen molar-refractivity contribution in [2.75, 3.05) is 18.9 Å². The predicted molar refractivity (Wildman–Crippen MR) is 76.7 cm³/mol. The van der Waals surface area contributed by atoms with Gasteiger partial charge in [-0.25, -0.2) is 4.39 Å². The van der Waals surface area contributed by atoms with Crippen LogP contribution in [0, 0.1) is 12.7 Å². The third kappa shape index (κ3) is 4.27. The Morgan fingerprint density at radius 2 is 2.29 bits per heavy atom. The largest absolute Gasteiger partial charge is 0.360 e. The quantitative estimate of drug-likeness (QED) is 0.878. The maximum Gasteiger partial charge on any atom is 0.280 e. The molecule has 1 unspecified atom stereocenters. The Morgan fingerprint density at radius 1 is 1.52 bits per heavy atom. The lowest BCUT2D eigenvalue weighted by Gasteiger charge is -2.14. The van der Waals surface area contributed by atoms with Crippen molar-refractivity contribution in [1.82, 2.24) is 5.16 Å². The number of quaternary nitrogens is 1. The minimum absolute atomic E-state index is 0.163. The first-order chi connectivity index (χ1) is 9.95. The lowest BCUT2D eigenvalue weighted by molar-refractivity contribution is -0.885. The van der Waals surface area contributed by atoms with Crippen molar-refractivity contribution < 1.29 is 18.6 Å². The van der Waals surface area contributed by atoms with Crippen molar-refractivity contribution in [2.24, 2.45) is 0 Å². The topological polar surface area (TPSA) is 59.6 Å². The summed E-state index contributed by atoms with van der Waals surface area (Å²) in [7, 11) is 1.79. The average molecular weight is 313 g/mol. The molecule has 1 heterocycles. The molecule has 2 aromatic rings. The summed E-state index contributed by atoms with van der Waals surface area (Å²) in [6.07, 6.45) is 0. The SMILES string of the molecule is Cc1cc(NC(=O)C[NH+](C)Cc2c(F)cccc2Cl)no1. The summed E-state index contributed by atoms with van der Waals surface area (Å²) < 4.78 is 18.5. The molecule has 7 heteroatoms. The molecule has 0 fully saturated rings. The number of hydrogen-bond acceptors (Lipinski definition) is 3. The molecule has 0 bridgehead atoms. The molecule has 0 radical (unpaired) electrons. The third-order valence-electron chi connectivity index (χ3n) is 2.90. The summed E-state index contributed by atoms with van der Waals surface area (Å²) in [5.41, 5.74) is 0.404. The minimum Gasteiger partial charge on any atom is -0.360 e. The van der Waals surface area contributed by atoms with E-state index in [0.717, 1.165) is 4.90 Å². The van der Waals surface area contributed by atoms with E-state index in [1.54, 1.807) is 32.2 Å². The van der Waals surface area contributed by atoms with Gasteiger partial charge in [0.25, 0.3) is 5.91 Å². The van der Waals surface area contributed by atoms with Crippen LogP contribution >= 0.6 is 11.6 Å². The van der Waals surface area contributed by atoms with Crippen molar-refractivity contribution in [2.45, 2.75) is 13.5 Å². The van der Waals surface area contributed by atoms with Crippen LogP contribution in [0.25, 0.3) is 0 Å². The molecule has 1 aromatic carbocycles. The second-order valence-electron chi connectivity index (χ2n) is 4.88. The Kier molecular flexibility index (Phi) is 4.93. The van der Waals surface area contributed by atoms with Gasteiger partial charge in [0.15, 0.2) is 12.4 Å². The number of benzene rings is 1. The zero-order valence-electron chi connectivity index (χ0n) is 11.7. The fourth-order valence-corrected chi connectivity index (χ4v) is 2.18. The number of nitrogens with zero attached hydrogens (tertiary/aromatic N) is 1. The van der Waals surface area contributed by atoms with Gasteiger partial charge in [-0.15, -0.1) is 0 Å². The van der Waals surface area contributed by atoms with Gasteiger partial charge in [0, 0.05) is 6.07 Å². The highest BCUT2D eigenvalue weighted by Crippen LogP contribution is 2.17. The summed E-state index contributed by atoms with van der Waals surface area (Å²) in [6.45, 7) is 2.22. The molecule has 112 valence electrons. The van der Waals surface area contributed by atoms with Crippen LogP contribution in [-0.4, -0.2) is 24.7 Å². The number of likely N-dealkylation sites (N-methyl/N-ethyl adjacent to an activating group) is 1. The summed E-state index contributed by atoms with van der Waals surface area (Å²) in [5, 5.41) is 6.66. The molecular weight excluding hydrogens is 297 g/mol. The molecule has 1 aromatic heterocycles. The molecule has 0 aliphatic rings. The summed E-state index contributed by atoms with van der Waals surface area (Å²) in [6, 6.07) is 6.16. The Balaban J connectivity index is 1.92. The minimum atomic E-state index is -0.366. The molecular formula is C14H16ClFN3O2+. The van der Waals surface area contributed by atoms with Crippen LogP contribution in [0.3, 0.4) is 0 Å². The number of aromatic nitrogens is 1. The van der Waals surface area contributed by atoms with Gasteiger partial charge >= 0.3 is 0 Å². The first-order valence-electron chi connectivity index (χ1n) is 6.43. The molecule has 1 atom stereocenters. The van der Waals surface area contributed by atoms with Crippen molar-refractivity contribution in [1.29, 1.82) is 0 Å². The van der Waals surface area contributed by atoms with E-state index in [0.29, 0.717) is 28.7 Å². The molecule has 0 saturated carbocycles. The zero-order chi connectivity index (χ0) is 15.4. The maximum absolute atomic E-state index is 13.7. The average Bonchev–Trinajstić information content (AvgIpc) is 2.79. The second-order valence-corrected chi connectivity index (χ2v) is 5.29. The van der Waals surface area contributed by atoms with E-state index in [9.17, 15) is 9.18 Å². The van der Waals surface area contributed by atoms with E-state index in [1.807, 2.05) is 0 Å². The Hall–Kier alpha value is -1.92. The first-order valence-corrected chi connectivity index (χ1v) is 6.81. The van der Waals surface area contributed by atoms with Crippen LogP contribution in [-0.2, 0) is 11.3 Å². The Morgan fingerprint density at radius 3 is 2.90 bits per heavy atom. The number of amides is 1. The van der Waals surface area contributed by atoms with Crippen molar-refractivity contribution in [3.63, 3.8) is 0 Å². The van der Waals surface area contributed by atoms with Gasteiger partial charge in [-0.3, -0.25) is 4.79 Å². The lowest BCUT2D eigenvalue weighted by Crippen LogP contribution is -3.08. The van der Waals surface area contributed by atoms with Gasteiger partial charge in [0.05, 0.1) is 17.6 Å². The smallest absolute Gasteiger partial charge is 0.280 e. The van der Waals surface area contributed by atoms with E-state index in [4.69, 9.17) is 16.1 Å². The zero-order valence-corrected chi connectivity index (χ0v) is 12.5. The maximum atomic E-state index is 13.7. The number of carbonyl (C=O) groups excluding carboxylic acids is 1. The van der Waals surface area contributed by atoms with Crippen LogP contribution in [0.15, 0.2) is 28.8 Å².